The first-order valence-electron chi connectivity index (χ1n) is 8.29. The van der Waals surface area contributed by atoms with E-state index in [1.807, 2.05) is 0 Å². The number of unbranched alkanes of at least 4 members (excludes halogenated alkanes) is 2. The summed E-state index contributed by atoms with van der Waals surface area (Å²) in [6.07, 6.45) is 7.96. The van der Waals surface area contributed by atoms with Gasteiger partial charge in [-0.3, -0.25) is 4.90 Å². The van der Waals surface area contributed by atoms with Gasteiger partial charge in [0.15, 0.2) is 0 Å². The Hall–Kier alpha value is -1.26. The zero-order valence-electron chi connectivity index (χ0n) is 13.3. The number of amides is 1. The first-order chi connectivity index (χ1) is 10.1. The van der Waals surface area contributed by atoms with E-state index in [4.69, 9.17) is 4.74 Å². The maximum Gasteiger partial charge on any atom is 0.410 e. The van der Waals surface area contributed by atoms with Gasteiger partial charge in [-0.05, 0) is 26.2 Å². The molecule has 0 aliphatic heterocycles. The van der Waals surface area contributed by atoms with Crippen molar-refractivity contribution >= 4 is 12.1 Å². The zero-order valence-corrected chi connectivity index (χ0v) is 13.3. The van der Waals surface area contributed by atoms with Gasteiger partial charge in [0.2, 0.25) is 0 Å². The van der Waals surface area contributed by atoms with Crippen molar-refractivity contribution in [1.82, 2.24) is 4.90 Å². The van der Waals surface area contributed by atoms with Crippen LogP contribution in [0.2, 0.25) is 0 Å². The molecule has 1 N–H and O–H groups in total. The molecule has 0 aromatic heterocycles. The molecule has 1 aliphatic rings. The van der Waals surface area contributed by atoms with Gasteiger partial charge in [0.25, 0.3) is 0 Å². The molecule has 0 aromatic rings. The number of carboxylic acids is 1. The molecule has 0 aromatic carbocycles. The van der Waals surface area contributed by atoms with E-state index < -0.39 is 18.1 Å². The van der Waals surface area contributed by atoms with Crippen LogP contribution in [-0.4, -0.2) is 40.8 Å². The maximum absolute atomic E-state index is 12.3. The minimum absolute atomic E-state index is 0.0144. The number of ether oxygens (including phenoxy) is 1. The summed E-state index contributed by atoms with van der Waals surface area (Å²) in [5.41, 5.74) is 0. The lowest BCUT2D eigenvalue weighted by atomic mass is 9.92. The van der Waals surface area contributed by atoms with E-state index in [0.717, 1.165) is 44.9 Å². The average molecular weight is 299 g/mol. The van der Waals surface area contributed by atoms with Crippen molar-refractivity contribution in [3.05, 3.63) is 0 Å². The van der Waals surface area contributed by atoms with Gasteiger partial charge >= 0.3 is 12.1 Å². The Morgan fingerprint density at radius 1 is 1.19 bits per heavy atom. The summed E-state index contributed by atoms with van der Waals surface area (Å²) in [6.45, 7) is 4.12. The molecule has 0 saturated heterocycles. The van der Waals surface area contributed by atoms with E-state index in [1.165, 1.54) is 11.3 Å². The highest BCUT2D eigenvalue weighted by molar-refractivity contribution is 5.80. The molecule has 1 atom stereocenters. The average Bonchev–Trinajstić information content (AvgIpc) is 2.47. The van der Waals surface area contributed by atoms with Crippen LogP contribution in [0.5, 0.6) is 0 Å². The van der Waals surface area contributed by atoms with Crippen molar-refractivity contribution in [1.29, 1.82) is 0 Å². The van der Waals surface area contributed by atoms with E-state index in [-0.39, 0.29) is 12.6 Å². The van der Waals surface area contributed by atoms with Crippen molar-refractivity contribution in [2.45, 2.75) is 83.7 Å². The second kappa shape index (κ2) is 9.64. The second-order valence-corrected chi connectivity index (χ2v) is 5.75. The van der Waals surface area contributed by atoms with Crippen LogP contribution in [0.15, 0.2) is 0 Å². The third kappa shape index (κ3) is 5.56. The molecule has 0 spiro atoms. The lowest BCUT2D eigenvalue weighted by Crippen LogP contribution is -2.51. The molecule has 1 saturated carbocycles. The second-order valence-electron chi connectivity index (χ2n) is 5.75. The standard InChI is InChI=1S/C16H29NO4/c1-3-5-7-12-14(15(18)19)17(16(20)21-4-2)13-10-8-6-9-11-13/h13-14H,3-12H2,1-2H3,(H,18,19). The molecule has 5 nitrogen and oxygen atoms in total. The van der Waals surface area contributed by atoms with E-state index in [9.17, 15) is 14.7 Å². The Bertz CT molecular complexity index is 326. The predicted molar refractivity (Wildman–Crippen MR) is 81.3 cm³/mol. The topological polar surface area (TPSA) is 66.8 Å². The Balaban J connectivity index is 2.83. The normalized spacial score (nSPS) is 17.2. The van der Waals surface area contributed by atoms with Crippen LogP contribution in [0.3, 0.4) is 0 Å². The van der Waals surface area contributed by atoms with Crippen LogP contribution in [0, 0.1) is 0 Å². The molecule has 21 heavy (non-hydrogen) atoms. The highest BCUT2D eigenvalue weighted by Crippen LogP contribution is 2.26. The van der Waals surface area contributed by atoms with E-state index in [0.29, 0.717) is 6.42 Å². The minimum Gasteiger partial charge on any atom is -0.480 e. The van der Waals surface area contributed by atoms with Crippen LogP contribution in [0.25, 0.3) is 0 Å². The van der Waals surface area contributed by atoms with Crippen molar-refractivity contribution in [3.8, 4) is 0 Å². The largest absolute Gasteiger partial charge is 0.480 e. The number of nitrogens with zero attached hydrogens (tertiary/aromatic N) is 1. The number of carbonyl (C=O) groups is 2. The molecule has 0 radical (unpaired) electrons. The van der Waals surface area contributed by atoms with Gasteiger partial charge in [-0.25, -0.2) is 9.59 Å². The lowest BCUT2D eigenvalue weighted by Gasteiger charge is -2.37. The molecule has 0 heterocycles. The SMILES string of the molecule is CCCCCC(C(=O)O)N(C(=O)OCC)C1CCCCC1. The van der Waals surface area contributed by atoms with Gasteiger partial charge in [0.1, 0.15) is 6.04 Å². The van der Waals surface area contributed by atoms with Crippen molar-refractivity contribution in [3.63, 3.8) is 0 Å². The molecule has 1 amide bonds. The fourth-order valence-corrected chi connectivity index (χ4v) is 3.06. The molecule has 5 heteroatoms. The smallest absolute Gasteiger partial charge is 0.410 e. The first kappa shape index (κ1) is 17.8. The molecule has 0 bridgehead atoms. The lowest BCUT2D eigenvalue weighted by molar-refractivity contribution is -0.144. The fourth-order valence-electron chi connectivity index (χ4n) is 3.06. The summed E-state index contributed by atoms with van der Waals surface area (Å²) in [5.74, 6) is -0.912. The molecular weight excluding hydrogens is 270 g/mol. The van der Waals surface area contributed by atoms with Crippen LogP contribution in [-0.2, 0) is 9.53 Å². The first-order valence-corrected chi connectivity index (χ1v) is 8.29. The van der Waals surface area contributed by atoms with Gasteiger partial charge in [0.05, 0.1) is 6.61 Å². The molecule has 1 aliphatic carbocycles. The van der Waals surface area contributed by atoms with Gasteiger partial charge in [-0.15, -0.1) is 0 Å². The van der Waals surface area contributed by atoms with Crippen LogP contribution in [0.4, 0.5) is 4.79 Å². The summed E-state index contributed by atoms with van der Waals surface area (Å²) >= 11 is 0. The molecule has 122 valence electrons. The molecule has 1 fully saturated rings. The summed E-state index contributed by atoms with van der Waals surface area (Å²) in [4.78, 5) is 25.4. The quantitative estimate of drug-likeness (QED) is 0.692. The van der Waals surface area contributed by atoms with E-state index in [1.54, 1.807) is 6.92 Å². The summed E-state index contributed by atoms with van der Waals surface area (Å²) in [5, 5.41) is 9.54. The minimum atomic E-state index is -0.912. The number of hydrogen-bond acceptors (Lipinski definition) is 3. The highest BCUT2D eigenvalue weighted by atomic mass is 16.6. The number of carbonyl (C=O) groups excluding carboxylic acids is 1. The van der Waals surface area contributed by atoms with Gasteiger partial charge in [0, 0.05) is 6.04 Å². The summed E-state index contributed by atoms with van der Waals surface area (Å²) in [6, 6.07) is -0.737. The molecule has 1 unspecified atom stereocenters. The van der Waals surface area contributed by atoms with Crippen molar-refractivity contribution in [2.24, 2.45) is 0 Å². The summed E-state index contributed by atoms with van der Waals surface area (Å²) < 4.78 is 5.12. The fraction of sp³-hybridized carbons (Fsp3) is 0.875. The van der Waals surface area contributed by atoms with Crippen LogP contribution < -0.4 is 0 Å². The third-order valence-electron chi connectivity index (χ3n) is 4.15. The Labute approximate surface area is 127 Å². The predicted octanol–water partition coefficient (Wildman–Crippen LogP) is 3.81. The van der Waals surface area contributed by atoms with Gasteiger partial charge in [-0.2, -0.15) is 0 Å². The van der Waals surface area contributed by atoms with Crippen LogP contribution in [0.1, 0.15) is 71.6 Å². The number of aliphatic carboxylic acids is 1. The number of rotatable bonds is 8. The van der Waals surface area contributed by atoms with Crippen molar-refractivity contribution in [2.75, 3.05) is 6.61 Å². The van der Waals surface area contributed by atoms with Gasteiger partial charge < -0.3 is 9.84 Å². The molecular formula is C16H29NO4. The zero-order chi connectivity index (χ0) is 15.7. The third-order valence-corrected chi connectivity index (χ3v) is 4.15. The Morgan fingerprint density at radius 3 is 2.38 bits per heavy atom. The number of hydrogen-bond donors (Lipinski definition) is 1. The molecule has 1 rings (SSSR count). The van der Waals surface area contributed by atoms with Crippen LogP contribution >= 0.6 is 0 Å². The highest BCUT2D eigenvalue weighted by Gasteiger charge is 2.36. The van der Waals surface area contributed by atoms with Gasteiger partial charge in [-0.1, -0.05) is 45.4 Å². The summed E-state index contributed by atoms with van der Waals surface area (Å²) in [7, 11) is 0. The number of carboxylic acid groups (broad SMARTS) is 1. The Morgan fingerprint density at radius 2 is 1.86 bits per heavy atom. The monoisotopic (exact) mass is 299 g/mol. The Kier molecular flexibility index (Phi) is 8.16. The van der Waals surface area contributed by atoms with E-state index >= 15 is 0 Å². The van der Waals surface area contributed by atoms with E-state index in [2.05, 4.69) is 6.92 Å². The maximum atomic E-state index is 12.3. The van der Waals surface area contributed by atoms with Crippen molar-refractivity contribution < 1.29 is 19.4 Å².